The number of benzene rings is 1. The van der Waals surface area contributed by atoms with Gasteiger partial charge in [-0.15, -0.1) is 0 Å². The van der Waals surface area contributed by atoms with Gasteiger partial charge in [0.1, 0.15) is 0 Å². The second-order valence-electron chi connectivity index (χ2n) is 2.29. The Morgan fingerprint density at radius 2 is 2.25 bits per heavy atom. The highest BCUT2D eigenvalue weighted by atomic mass is 35.5. The number of ether oxygens (including phenoxy) is 1. The zero-order valence-electron chi connectivity index (χ0n) is 6.63. The SMILES string of the molecule is [CH2]c1cc(Cl)ccc1C(=O)OC. The molecule has 0 unspecified atom stereocenters. The summed E-state index contributed by atoms with van der Waals surface area (Å²) in [6, 6.07) is 4.84. The van der Waals surface area contributed by atoms with Gasteiger partial charge in [-0.1, -0.05) is 11.6 Å². The maximum atomic E-state index is 11.0. The van der Waals surface area contributed by atoms with Gasteiger partial charge in [0, 0.05) is 5.02 Å². The smallest absolute Gasteiger partial charge is 0.338 e. The van der Waals surface area contributed by atoms with Gasteiger partial charge in [-0.05, 0) is 30.7 Å². The Morgan fingerprint density at radius 1 is 1.58 bits per heavy atom. The summed E-state index contributed by atoms with van der Waals surface area (Å²) < 4.78 is 4.53. The Morgan fingerprint density at radius 3 is 2.75 bits per heavy atom. The van der Waals surface area contributed by atoms with Crippen LogP contribution in [0.15, 0.2) is 18.2 Å². The standard InChI is InChI=1S/C9H8ClO2/c1-6-5-7(10)3-4-8(6)9(11)12-2/h3-5H,1H2,2H3. The number of hydrogen-bond acceptors (Lipinski definition) is 2. The van der Waals surface area contributed by atoms with Crippen molar-refractivity contribution >= 4 is 17.6 Å². The van der Waals surface area contributed by atoms with Gasteiger partial charge in [-0.3, -0.25) is 0 Å². The van der Waals surface area contributed by atoms with E-state index in [1.54, 1.807) is 18.2 Å². The topological polar surface area (TPSA) is 26.3 Å². The van der Waals surface area contributed by atoms with Crippen LogP contribution in [0.5, 0.6) is 0 Å². The van der Waals surface area contributed by atoms with E-state index in [1.807, 2.05) is 0 Å². The molecule has 63 valence electrons. The van der Waals surface area contributed by atoms with E-state index >= 15 is 0 Å². The van der Waals surface area contributed by atoms with Crippen molar-refractivity contribution in [3.8, 4) is 0 Å². The predicted octanol–water partition coefficient (Wildman–Crippen LogP) is 2.31. The van der Waals surface area contributed by atoms with E-state index in [-0.39, 0.29) is 0 Å². The lowest BCUT2D eigenvalue weighted by Crippen LogP contribution is -2.03. The van der Waals surface area contributed by atoms with Crippen molar-refractivity contribution < 1.29 is 9.53 Å². The highest BCUT2D eigenvalue weighted by molar-refractivity contribution is 6.30. The van der Waals surface area contributed by atoms with E-state index in [1.165, 1.54) is 7.11 Å². The first kappa shape index (κ1) is 9.07. The summed E-state index contributed by atoms with van der Waals surface area (Å²) in [7, 11) is 1.33. The molecule has 0 heterocycles. The minimum atomic E-state index is -0.392. The number of esters is 1. The minimum Gasteiger partial charge on any atom is -0.465 e. The molecule has 0 saturated heterocycles. The monoisotopic (exact) mass is 183 g/mol. The van der Waals surface area contributed by atoms with Crippen LogP contribution in [0.4, 0.5) is 0 Å². The van der Waals surface area contributed by atoms with E-state index in [4.69, 9.17) is 11.6 Å². The summed E-state index contributed by atoms with van der Waals surface area (Å²) in [6.07, 6.45) is 0. The summed E-state index contributed by atoms with van der Waals surface area (Å²) >= 11 is 5.67. The quantitative estimate of drug-likeness (QED) is 0.625. The number of carbonyl (C=O) groups is 1. The molecule has 12 heavy (non-hydrogen) atoms. The molecule has 0 spiro atoms. The van der Waals surface area contributed by atoms with Crippen LogP contribution >= 0.6 is 11.6 Å². The van der Waals surface area contributed by atoms with Crippen molar-refractivity contribution in [3.63, 3.8) is 0 Å². The van der Waals surface area contributed by atoms with Crippen LogP contribution < -0.4 is 0 Å². The maximum absolute atomic E-state index is 11.0. The van der Waals surface area contributed by atoms with Crippen molar-refractivity contribution in [1.29, 1.82) is 0 Å². The van der Waals surface area contributed by atoms with Gasteiger partial charge in [0.15, 0.2) is 0 Å². The molecule has 1 aromatic carbocycles. The van der Waals surface area contributed by atoms with Gasteiger partial charge in [0.05, 0.1) is 12.7 Å². The van der Waals surface area contributed by atoms with Crippen LogP contribution in [-0.4, -0.2) is 13.1 Å². The fourth-order valence-electron chi connectivity index (χ4n) is 0.871. The average Bonchev–Trinajstić information content (AvgIpc) is 2.03. The molecule has 0 fully saturated rings. The normalized spacial score (nSPS) is 9.58. The molecule has 1 rings (SSSR count). The Balaban J connectivity index is 3.09. The maximum Gasteiger partial charge on any atom is 0.338 e. The minimum absolute atomic E-state index is 0.392. The molecule has 0 amide bonds. The first-order valence-corrected chi connectivity index (χ1v) is 3.73. The highest BCUT2D eigenvalue weighted by Gasteiger charge is 2.07. The third kappa shape index (κ3) is 1.77. The molecule has 3 heteroatoms. The molecule has 0 saturated carbocycles. The Kier molecular flexibility index (Phi) is 2.71. The highest BCUT2D eigenvalue weighted by Crippen LogP contribution is 2.15. The number of methoxy groups -OCH3 is 1. The second-order valence-corrected chi connectivity index (χ2v) is 2.73. The average molecular weight is 184 g/mol. The molecule has 0 aliphatic carbocycles. The Bertz CT molecular complexity index is 307. The van der Waals surface area contributed by atoms with Gasteiger partial charge in [0.2, 0.25) is 0 Å². The van der Waals surface area contributed by atoms with Crippen molar-refractivity contribution in [2.75, 3.05) is 7.11 Å². The van der Waals surface area contributed by atoms with Crippen LogP contribution in [0.1, 0.15) is 15.9 Å². The molecule has 0 atom stereocenters. The fourth-order valence-corrected chi connectivity index (χ4v) is 1.07. The summed E-state index contributed by atoms with van der Waals surface area (Å²) in [4.78, 5) is 11.0. The van der Waals surface area contributed by atoms with E-state index in [2.05, 4.69) is 11.7 Å². The van der Waals surface area contributed by atoms with Gasteiger partial charge in [-0.25, -0.2) is 4.79 Å². The largest absolute Gasteiger partial charge is 0.465 e. The van der Waals surface area contributed by atoms with Gasteiger partial charge in [0.25, 0.3) is 0 Å². The lowest BCUT2D eigenvalue weighted by Gasteiger charge is -2.02. The molecule has 0 N–H and O–H groups in total. The molecule has 0 aliphatic rings. The van der Waals surface area contributed by atoms with Crippen molar-refractivity contribution in [3.05, 3.63) is 41.3 Å². The van der Waals surface area contributed by atoms with Gasteiger partial charge >= 0.3 is 5.97 Å². The summed E-state index contributed by atoms with van der Waals surface area (Å²) in [6.45, 7) is 3.67. The van der Waals surface area contributed by atoms with E-state index < -0.39 is 5.97 Å². The van der Waals surface area contributed by atoms with Crippen LogP contribution in [-0.2, 0) is 4.74 Å². The summed E-state index contributed by atoms with van der Waals surface area (Å²) in [5.41, 5.74) is 1.02. The predicted molar refractivity (Wildman–Crippen MR) is 47.3 cm³/mol. The van der Waals surface area contributed by atoms with Crippen molar-refractivity contribution in [1.82, 2.24) is 0 Å². The number of hydrogen-bond donors (Lipinski definition) is 0. The van der Waals surface area contributed by atoms with Crippen LogP contribution in [0.2, 0.25) is 5.02 Å². The van der Waals surface area contributed by atoms with Gasteiger partial charge in [-0.2, -0.15) is 0 Å². The molecule has 1 radical (unpaired) electrons. The summed E-state index contributed by atoms with van der Waals surface area (Å²) in [5, 5.41) is 0.563. The zero-order valence-corrected chi connectivity index (χ0v) is 7.39. The first-order chi connectivity index (χ1) is 5.65. The number of carbonyl (C=O) groups excluding carboxylic acids is 1. The van der Waals surface area contributed by atoms with Crippen molar-refractivity contribution in [2.45, 2.75) is 0 Å². The molecular weight excluding hydrogens is 176 g/mol. The third-order valence-corrected chi connectivity index (χ3v) is 1.71. The van der Waals surface area contributed by atoms with Gasteiger partial charge < -0.3 is 4.74 Å². The van der Waals surface area contributed by atoms with E-state index in [0.717, 1.165) is 0 Å². The van der Waals surface area contributed by atoms with E-state index in [0.29, 0.717) is 16.1 Å². The second kappa shape index (κ2) is 3.59. The number of rotatable bonds is 1. The van der Waals surface area contributed by atoms with E-state index in [9.17, 15) is 4.79 Å². The first-order valence-electron chi connectivity index (χ1n) is 3.35. The molecule has 0 aromatic heterocycles. The van der Waals surface area contributed by atoms with Crippen LogP contribution in [0, 0.1) is 6.92 Å². The third-order valence-electron chi connectivity index (χ3n) is 1.47. The Hall–Kier alpha value is -1.02. The molecule has 0 aliphatic heterocycles. The molecule has 2 nitrogen and oxygen atoms in total. The Labute approximate surface area is 76.1 Å². The van der Waals surface area contributed by atoms with Crippen LogP contribution in [0.3, 0.4) is 0 Å². The lowest BCUT2D eigenvalue weighted by molar-refractivity contribution is 0.0600. The van der Waals surface area contributed by atoms with Crippen LogP contribution in [0.25, 0.3) is 0 Å². The zero-order chi connectivity index (χ0) is 9.14. The van der Waals surface area contributed by atoms with Crippen molar-refractivity contribution in [2.24, 2.45) is 0 Å². The molecule has 0 bridgehead atoms. The summed E-state index contributed by atoms with van der Waals surface area (Å²) in [5.74, 6) is -0.392. The lowest BCUT2D eigenvalue weighted by atomic mass is 10.1. The molecular formula is C9H8ClO2. The molecule has 1 aromatic rings. The fraction of sp³-hybridized carbons (Fsp3) is 0.111. The number of halogens is 1.